The number of hydrogen-bond donors (Lipinski definition) is 0. The zero-order chi connectivity index (χ0) is 13.1. The Kier molecular flexibility index (Phi) is 10.8. The van der Waals surface area contributed by atoms with E-state index < -0.39 is 0 Å². The molecule has 0 aliphatic rings. The van der Waals surface area contributed by atoms with Crippen LogP contribution in [0.25, 0.3) is 0 Å². The molecular weight excluding hydrogens is 294 g/mol. The lowest BCUT2D eigenvalue weighted by molar-refractivity contribution is 0.896. The smallest absolute Gasteiger partial charge is 0.0252 e. The third-order valence-electron chi connectivity index (χ3n) is 2.48. The van der Waals surface area contributed by atoms with E-state index in [4.69, 9.17) is 0 Å². The maximum absolute atomic E-state index is 2.29. The third-order valence-corrected chi connectivity index (χ3v) is 8.57. The number of hydrogen-bond acceptors (Lipinski definition) is 2. The molecule has 2 atom stereocenters. The molecule has 0 bridgehead atoms. The maximum Gasteiger partial charge on any atom is 0.0252 e. The van der Waals surface area contributed by atoms with Crippen LogP contribution >= 0.6 is 38.3 Å². The third kappa shape index (κ3) is 7.39. The average molecular weight is 318 g/mol. The van der Waals surface area contributed by atoms with Crippen LogP contribution in [0.5, 0.6) is 0 Å². The fraction of sp³-hybridized carbons (Fsp3) is 0.571. The van der Waals surface area contributed by atoms with Gasteiger partial charge in [-0.1, -0.05) is 54.4 Å². The lowest BCUT2D eigenvalue weighted by Crippen LogP contribution is -1.76. The summed E-state index contributed by atoms with van der Waals surface area (Å²) in [5.74, 6) is 0. The first kappa shape index (κ1) is 16.8. The van der Waals surface area contributed by atoms with Crippen LogP contribution in [0.3, 0.4) is 0 Å². The molecule has 0 N–H and O–H groups in total. The highest BCUT2D eigenvalue weighted by atomic mass is 32.7. The summed E-state index contributed by atoms with van der Waals surface area (Å²) in [5, 5.41) is 0. The van der Waals surface area contributed by atoms with Crippen molar-refractivity contribution in [1.29, 1.82) is 0 Å². The van der Waals surface area contributed by atoms with E-state index >= 15 is 0 Å². The van der Waals surface area contributed by atoms with E-state index in [1.54, 1.807) is 0 Å². The summed E-state index contributed by atoms with van der Waals surface area (Å²) in [7, 11) is 2.05. The van der Waals surface area contributed by atoms with E-state index in [2.05, 4.69) is 60.9 Å². The topological polar surface area (TPSA) is 0 Å². The molecule has 0 saturated heterocycles. The summed E-state index contributed by atoms with van der Waals surface area (Å²) in [5.41, 5.74) is 0. The Bertz CT molecular complexity index is 287. The molecule has 0 aromatic heterocycles. The van der Waals surface area contributed by atoms with Gasteiger partial charge in [-0.25, -0.2) is 0 Å². The number of rotatable bonds is 10. The van der Waals surface area contributed by atoms with Crippen molar-refractivity contribution in [3.8, 4) is 0 Å². The average Bonchev–Trinajstić information content (AvgIpc) is 2.41. The Balaban J connectivity index is 2.36. The van der Waals surface area contributed by atoms with Gasteiger partial charge in [0.15, 0.2) is 0 Å². The maximum atomic E-state index is 2.29. The largest absolute Gasteiger partial charge is 0.101 e. The van der Waals surface area contributed by atoms with Crippen LogP contribution in [0.1, 0.15) is 39.5 Å². The van der Waals surface area contributed by atoms with Gasteiger partial charge in [0.1, 0.15) is 0 Å². The Labute approximate surface area is 124 Å². The molecule has 0 spiro atoms. The summed E-state index contributed by atoms with van der Waals surface area (Å²) in [6.07, 6.45) is 8.14. The van der Waals surface area contributed by atoms with Crippen molar-refractivity contribution in [3.63, 3.8) is 0 Å². The normalized spacial score (nSPS) is 12.1. The van der Waals surface area contributed by atoms with Gasteiger partial charge >= 0.3 is 0 Å². The Morgan fingerprint density at radius 2 is 1.28 bits per heavy atom. The highest BCUT2D eigenvalue weighted by molar-refractivity contribution is 8.51. The molecule has 0 radical (unpaired) electrons. The lowest BCUT2D eigenvalue weighted by Gasteiger charge is -2.08. The molecule has 0 aliphatic carbocycles. The van der Waals surface area contributed by atoms with E-state index in [9.17, 15) is 0 Å². The second kappa shape index (κ2) is 11.6. The van der Waals surface area contributed by atoms with Gasteiger partial charge in [-0.15, -0.1) is 22.8 Å². The second-order valence-electron chi connectivity index (χ2n) is 4.15. The summed E-state index contributed by atoms with van der Waals surface area (Å²) in [4.78, 5) is 3.00. The molecule has 1 aromatic carbocycles. The van der Waals surface area contributed by atoms with Gasteiger partial charge < -0.3 is 0 Å². The first-order valence-electron chi connectivity index (χ1n) is 6.77. The van der Waals surface area contributed by atoms with Crippen LogP contribution in [0.4, 0.5) is 0 Å². The highest BCUT2D eigenvalue weighted by Crippen LogP contribution is 2.47. The first-order valence-corrected chi connectivity index (χ1v) is 12.3. The quantitative estimate of drug-likeness (QED) is 0.349. The summed E-state index contributed by atoms with van der Waals surface area (Å²) in [6, 6.07) is 8.92. The van der Waals surface area contributed by atoms with Crippen LogP contribution in [0.2, 0.25) is 0 Å². The van der Waals surface area contributed by atoms with Crippen molar-refractivity contribution in [3.05, 3.63) is 24.3 Å². The van der Waals surface area contributed by atoms with Gasteiger partial charge in [0.05, 0.1) is 0 Å². The number of unbranched alkanes of at least 4 members (excludes halogenated alkanes) is 2. The summed E-state index contributed by atoms with van der Waals surface area (Å²) < 4.78 is 0. The second-order valence-corrected chi connectivity index (χ2v) is 9.97. The summed E-state index contributed by atoms with van der Waals surface area (Å²) >= 11 is 4.12. The molecule has 0 fully saturated rings. The minimum Gasteiger partial charge on any atom is -0.101 e. The molecule has 4 heteroatoms. The first-order chi connectivity index (χ1) is 8.88. The fourth-order valence-electron chi connectivity index (χ4n) is 1.37. The van der Waals surface area contributed by atoms with E-state index in [0.29, 0.717) is 0 Å². The van der Waals surface area contributed by atoms with Crippen LogP contribution in [0, 0.1) is 0 Å². The predicted molar refractivity (Wildman–Crippen MR) is 94.3 cm³/mol. The molecule has 0 amide bonds. The molecule has 0 nitrogen and oxygen atoms in total. The fourth-order valence-corrected chi connectivity index (χ4v) is 7.69. The van der Waals surface area contributed by atoms with Crippen LogP contribution in [0.15, 0.2) is 34.1 Å². The molecule has 1 rings (SSSR count). The zero-order valence-corrected chi connectivity index (χ0v) is 15.0. The molecular formula is C14H24P2S2. The van der Waals surface area contributed by atoms with Gasteiger partial charge in [-0.3, -0.25) is 0 Å². The van der Waals surface area contributed by atoms with Gasteiger partial charge in [0.25, 0.3) is 0 Å². The Morgan fingerprint density at radius 1 is 0.833 bits per heavy atom. The number of benzene rings is 1. The van der Waals surface area contributed by atoms with E-state index in [0.717, 1.165) is 15.6 Å². The van der Waals surface area contributed by atoms with Crippen molar-refractivity contribution in [2.45, 2.75) is 49.3 Å². The Hall–Kier alpha value is 0.780. The standard InChI is InChI=1S/C14H24P2S2/c1-3-5-11-15-17-13-9-7-8-10-14(13)18-16-12-6-4-2/h7-10,15-16H,3-6,11-12H2,1-2H3. The molecule has 102 valence electrons. The van der Waals surface area contributed by atoms with Crippen LogP contribution < -0.4 is 0 Å². The monoisotopic (exact) mass is 318 g/mol. The van der Waals surface area contributed by atoms with E-state index in [-0.39, 0.29) is 0 Å². The van der Waals surface area contributed by atoms with Gasteiger partial charge in [-0.05, 0) is 37.3 Å². The van der Waals surface area contributed by atoms with Crippen molar-refractivity contribution >= 4 is 38.3 Å². The molecule has 0 saturated carbocycles. The van der Waals surface area contributed by atoms with Crippen molar-refractivity contribution in [2.75, 3.05) is 12.3 Å². The predicted octanol–water partition coefficient (Wildman–Crippen LogP) is 6.66. The molecule has 18 heavy (non-hydrogen) atoms. The molecule has 1 aromatic rings. The van der Waals surface area contributed by atoms with E-state index in [1.165, 1.54) is 47.8 Å². The minimum absolute atomic E-state index is 1.02. The van der Waals surface area contributed by atoms with Crippen LogP contribution in [-0.4, -0.2) is 12.3 Å². The summed E-state index contributed by atoms with van der Waals surface area (Å²) in [6.45, 7) is 4.54. The van der Waals surface area contributed by atoms with Crippen LogP contribution in [-0.2, 0) is 0 Å². The van der Waals surface area contributed by atoms with Gasteiger partial charge in [0.2, 0.25) is 0 Å². The molecule has 0 aliphatic heterocycles. The molecule has 0 heterocycles. The Morgan fingerprint density at radius 3 is 1.67 bits per heavy atom. The van der Waals surface area contributed by atoms with Crippen molar-refractivity contribution < 1.29 is 0 Å². The lowest BCUT2D eigenvalue weighted by atomic mass is 10.4. The highest BCUT2D eigenvalue weighted by Gasteiger charge is 2.02. The van der Waals surface area contributed by atoms with Crippen molar-refractivity contribution in [1.82, 2.24) is 0 Å². The zero-order valence-electron chi connectivity index (χ0n) is 11.4. The van der Waals surface area contributed by atoms with E-state index in [1.807, 2.05) is 0 Å². The molecule has 2 unspecified atom stereocenters. The minimum atomic E-state index is 1.02. The SMILES string of the molecule is CCCCPSc1ccccc1SPCCCC. The van der Waals surface area contributed by atoms with Gasteiger partial charge in [-0.2, -0.15) is 0 Å². The van der Waals surface area contributed by atoms with Gasteiger partial charge in [0, 0.05) is 9.79 Å². The van der Waals surface area contributed by atoms with Crippen molar-refractivity contribution in [2.24, 2.45) is 0 Å².